The Morgan fingerprint density at radius 2 is 1.24 bits per heavy atom. The Hall–Kier alpha value is -5.16. The summed E-state index contributed by atoms with van der Waals surface area (Å²) < 4.78 is 6.80. The summed E-state index contributed by atoms with van der Waals surface area (Å²) in [5.41, 5.74) is 8.69. The third kappa shape index (κ3) is 2.85. The van der Waals surface area contributed by atoms with Crippen molar-refractivity contribution in [3.8, 4) is 22.6 Å². The number of imidazole rings is 2. The van der Waals surface area contributed by atoms with E-state index in [1.807, 2.05) is 18.3 Å². The Kier molecular flexibility index (Phi) is 4.16. The molecule has 0 spiro atoms. The number of rotatable bonds is 3. The van der Waals surface area contributed by atoms with Crippen molar-refractivity contribution in [1.82, 2.24) is 23.5 Å². The lowest BCUT2D eigenvalue weighted by molar-refractivity contribution is 1.04. The number of pyridine rings is 1. The van der Waals surface area contributed by atoms with Gasteiger partial charge in [-0.2, -0.15) is 0 Å². The molecular weight excluding hydrogens is 454 g/mol. The number of hydrogen-bond donors (Lipinski definition) is 0. The summed E-state index contributed by atoms with van der Waals surface area (Å²) in [7, 11) is 0. The molecule has 0 unspecified atom stereocenters. The molecule has 0 aliphatic carbocycles. The maximum absolute atomic E-state index is 5.10. The summed E-state index contributed by atoms with van der Waals surface area (Å²) in [6.07, 6.45) is 1.95. The van der Waals surface area contributed by atoms with E-state index in [9.17, 15) is 0 Å². The first-order valence-electron chi connectivity index (χ1n) is 12.4. The zero-order valence-electron chi connectivity index (χ0n) is 19.9. The maximum atomic E-state index is 5.10. The van der Waals surface area contributed by atoms with Crippen LogP contribution in [0.1, 0.15) is 0 Å². The van der Waals surface area contributed by atoms with E-state index in [0.717, 1.165) is 61.5 Å². The average molecular weight is 476 g/mol. The molecule has 5 heteroatoms. The van der Waals surface area contributed by atoms with Crippen LogP contribution in [0.15, 0.2) is 128 Å². The average Bonchev–Trinajstić information content (AvgIpc) is 3.60. The summed E-state index contributed by atoms with van der Waals surface area (Å²) in [6.45, 7) is 0. The Morgan fingerprint density at radius 1 is 0.541 bits per heavy atom. The summed E-state index contributed by atoms with van der Waals surface area (Å²) in [5.74, 6) is 1.69. The molecule has 0 atom stereocenters. The topological polar surface area (TPSA) is 40.0 Å². The highest BCUT2D eigenvalue weighted by atomic mass is 15.3. The van der Waals surface area contributed by atoms with Crippen LogP contribution in [-0.2, 0) is 0 Å². The van der Waals surface area contributed by atoms with Gasteiger partial charge in [0.15, 0.2) is 5.65 Å². The molecule has 0 aliphatic rings. The number of benzene rings is 4. The third-order valence-corrected chi connectivity index (χ3v) is 7.10. The quantitative estimate of drug-likeness (QED) is 0.266. The van der Waals surface area contributed by atoms with Gasteiger partial charge in [0.1, 0.15) is 11.3 Å². The number of hydrogen-bond acceptors (Lipinski definition) is 2. The van der Waals surface area contributed by atoms with Gasteiger partial charge in [-0.3, -0.25) is 13.5 Å². The van der Waals surface area contributed by atoms with Crippen LogP contribution in [-0.4, -0.2) is 23.5 Å². The lowest BCUT2D eigenvalue weighted by Gasteiger charge is -2.07. The maximum Gasteiger partial charge on any atom is 0.223 e. The molecule has 0 radical (unpaired) electrons. The fourth-order valence-corrected chi connectivity index (χ4v) is 5.48. The Morgan fingerprint density at radius 3 is 2.03 bits per heavy atom. The van der Waals surface area contributed by atoms with Crippen molar-refractivity contribution in [2.24, 2.45) is 0 Å². The summed E-state index contributed by atoms with van der Waals surface area (Å²) in [4.78, 5) is 10.1. The van der Waals surface area contributed by atoms with Gasteiger partial charge in [-0.25, -0.2) is 9.97 Å². The van der Waals surface area contributed by atoms with Crippen LogP contribution in [0.25, 0.3) is 61.5 Å². The number of para-hydroxylation sites is 4. The van der Waals surface area contributed by atoms with Gasteiger partial charge in [0.25, 0.3) is 0 Å². The van der Waals surface area contributed by atoms with E-state index in [4.69, 9.17) is 9.97 Å². The Balaban J connectivity index is 1.53. The van der Waals surface area contributed by atoms with Gasteiger partial charge in [-0.15, -0.1) is 0 Å². The molecular formula is C32H21N5. The van der Waals surface area contributed by atoms with Crippen LogP contribution in [0.2, 0.25) is 0 Å². The summed E-state index contributed by atoms with van der Waals surface area (Å²) >= 11 is 0. The van der Waals surface area contributed by atoms with Crippen LogP contribution in [0.5, 0.6) is 0 Å². The van der Waals surface area contributed by atoms with Gasteiger partial charge in [0.05, 0.1) is 16.6 Å². The molecule has 8 aromatic rings. The smallest absolute Gasteiger partial charge is 0.223 e. The second-order valence-corrected chi connectivity index (χ2v) is 9.20. The Bertz CT molecular complexity index is 2060. The lowest BCUT2D eigenvalue weighted by Crippen LogP contribution is -1.99. The molecule has 0 amide bonds. The highest BCUT2D eigenvalue weighted by Crippen LogP contribution is 2.37. The van der Waals surface area contributed by atoms with Crippen molar-refractivity contribution in [3.63, 3.8) is 0 Å². The first-order chi connectivity index (χ1) is 18.4. The lowest BCUT2D eigenvalue weighted by atomic mass is 10.1. The van der Waals surface area contributed by atoms with E-state index in [-0.39, 0.29) is 0 Å². The number of aromatic nitrogens is 5. The number of fused-ring (bicyclic) bond motifs is 7. The largest absolute Gasteiger partial charge is 0.294 e. The van der Waals surface area contributed by atoms with Crippen molar-refractivity contribution < 1.29 is 0 Å². The first-order valence-corrected chi connectivity index (χ1v) is 12.4. The third-order valence-electron chi connectivity index (χ3n) is 7.10. The van der Waals surface area contributed by atoms with Gasteiger partial charge in [0.2, 0.25) is 5.78 Å². The Labute approximate surface area is 212 Å². The van der Waals surface area contributed by atoms with Crippen molar-refractivity contribution >= 4 is 38.9 Å². The van der Waals surface area contributed by atoms with Gasteiger partial charge in [0, 0.05) is 22.8 Å². The van der Waals surface area contributed by atoms with Crippen molar-refractivity contribution in [1.29, 1.82) is 0 Å². The highest BCUT2D eigenvalue weighted by molar-refractivity contribution is 6.10. The SMILES string of the molecule is c1ccc(-c2ccc(-n3c4c5ccccc5n(-c5ccccc5)c4n4c5ccccc5nc34)nc2)cc1. The normalized spacial score (nSPS) is 11.8. The van der Waals surface area contributed by atoms with Crippen LogP contribution in [0.4, 0.5) is 0 Å². The van der Waals surface area contributed by atoms with Crippen LogP contribution in [0.3, 0.4) is 0 Å². The highest BCUT2D eigenvalue weighted by Gasteiger charge is 2.25. The fourth-order valence-electron chi connectivity index (χ4n) is 5.48. The molecule has 0 bridgehead atoms. The second kappa shape index (κ2) is 7.67. The molecule has 0 N–H and O–H groups in total. The van der Waals surface area contributed by atoms with E-state index < -0.39 is 0 Å². The number of nitrogens with zero attached hydrogens (tertiary/aromatic N) is 5. The predicted octanol–water partition coefficient (Wildman–Crippen LogP) is 7.44. The van der Waals surface area contributed by atoms with Crippen molar-refractivity contribution in [3.05, 3.63) is 128 Å². The summed E-state index contributed by atoms with van der Waals surface area (Å²) in [6, 6.07) is 42.0. The predicted molar refractivity (Wildman–Crippen MR) is 150 cm³/mol. The molecule has 0 saturated heterocycles. The van der Waals surface area contributed by atoms with E-state index >= 15 is 0 Å². The van der Waals surface area contributed by atoms with Crippen molar-refractivity contribution in [2.45, 2.75) is 0 Å². The minimum Gasteiger partial charge on any atom is -0.294 e. The van der Waals surface area contributed by atoms with Gasteiger partial charge < -0.3 is 0 Å². The minimum atomic E-state index is 0.839. The molecule has 0 aliphatic heterocycles. The van der Waals surface area contributed by atoms with E-state index in [0.29, 0.717) is 0 Å². The second-order valence-electron chi connectivity index (χ2n) is 9.20. The van der Waals surface area contributed by atoms with E-state index in [2.05, 4.69) is 123 Å². The molecule has 5 nitrogen and oxygen atoms in total. The van der Waals surface area contributed by atoms with Crippen molar-refractivity contribution in [2.75, 3.05) is 0 Å². The minimum absolute atomic E-state index is 0.839. The zero-order valence-corrected chi connectivity index (χ0v) is 19.9. The molecule has 8 rings (SSSR count). The molecule has 4 aromatic heterocycles. The summed E-state index contributed by atoms with van der Waals surface area (Å²) in [5, 5.41) is 1.16. The van der Waals surface area contributed by atoms with Gasteiger partial charge >= 0.3 is 0 Å². The first kappa shape index (κ1) is 20.1. The molecule has 4 aromatic carbocycles. The standard InChI is InChI=1S/C32H21N5/c1-3-11-22(12-4-1)23-19-20-29(33-21-23)37-30-25-15-7-9-17-27(25)35(24-13-5-2-6-14-24)31(30)36-28-18-10-8-16-26(28)34-32(36)37/h1-21H. The van der Waals surface area contributed by atoms with Crippen LogP contribution >= 0.6 is 0 Å². The molecule has 0 fully saturated rings. The zero-order chi connectivity index (χ0) is 24.3. The van der Waals surface area contributed by atoms with Crippen LogP contribution < -0.4 is 0 Å². The fraction of sp³-hybridized carbons (Fsp3) is 0. The van der Waals surface area contributed by atoms with Gasteiger partial charge in [-0.05, 0) is 48.0 Å². The molecule has 0 saturated carbocycles. The monoisotopic (exact) mass is 475 g/mol. The van der Waals surface area contributed by atoms with Gasteiger partial charge in [-0.1, -0.05) is 78.9 Å². The molecule has 37 heavy (non-hydrogen) atoms. The molecule has 174 valence electrons. The van der Waals surface area contributed by atoms with Crippen LogP contribution in [0, 0.1) is 0 Å². The van der Waals surface area contributed by atoms with E-state index in [1.165, 1.54) is 0 Å². The van der Waals surface area contributed by atoms with E-state index in [1.54, 1.807) is 0 Å². The molecule has 4 heterocycles.